The van der Waals surface area contributed by atoms with Gasteiger partial charge in [0.1, 0.15) is 18.3 Å². The number of fused-ring (bicyclic) bond motifs is 6. The van der Waals surface area contributed by atoms with Crippen LogP contribution in [0.1, 0.15) is 108 Å². The first-order chi connectivity index (χ1) is 39.8. The van der Waals surface area contributed by atoms with E-state index in [1.165, 1.54) is 11.5 Å². The summed E-state index contributed by atoms with van der Waals surface area (Å²) in [5.74, 6) is 12.8. The number of ether oxygens (including phenoxy) is 4. The Morgan fingerprint density at radius 3 is 2.24 bits per heavy atom. The molecule has 0 aliphatic carbocycles. The number of unbranched alkanes of at least 4 members (excludes halogenated alkanes) is 1. The lowest BCUT2D eigenvalue weighted by atomic mass is 9.86. The van der Waals surface area contributed by atoms with E-state index in [0.717, 1.165) is 10.5 Å². The molecule has 22 heteroatoms. The predicted octanol–water partition coefficient (Wildman–Crippen LogP) is 1.41. The van der Waals surface area contributed by atoms with Crippen LogP contribution in [0.5, 0.6) is 11.5 Å². The van der Waals surface area contributed by atoms with Crippen molar-refractivity contribution < 1.29 is 67.2 Å². The molecule has 1 fully saturated rings. The smallest absolute Gasteiger partial charge is 0.343 e. The molecule has 1 aromatic carbocycles. The molecule has 0 saturated carbocycles. The molecule has 434 valence electrons. The number of rotatable bonds is 26. The van der Waals surface area contributed by atoms with Crippen molar-refractivity contribution in [2.24, 2.45) is 23.5 Å². The highest BCUT2D eigenvalue weighted by atomic mass is 16.7. The number of ketones is 3. The molecule has 4 aliphatic heterocycles. The summed E-state index contributed by atoms with van der Waals surface area (Å²) in [6.07, 6.45) is 10.6. The lowest BCUT2D eigenvalue weighted by Crippen LogP contribution is -2.46. The number of nitrogens with two attached hydrogens (primary N) is 1. The standard InChI is InChI=1S/C51H63N7O15.C10H2/c1-5-51(69)36-21-38-46-34(24-58(38)49(67)35(36)25-71-50(51)68)31(33-19-40-41(73-26-72-40)22-37(33)55-46)10-9-30(60)23-54-47(65)29(8-6-7-13-52)18-39(61)45(27(2)3)56-43(63)12-16-70-17-14-53-42(62)11-15-57-44(64)20-32(28(4)59)48(57)66;1-3-5-7-9-10-8-6-4-2/h19,21-22,27,29,32,45,69H,5-18,20,23-26,52H2,1-4H3,(H,53,62)(H,54,65)(H,56,63);1-2H/t29-,32?,45+,51+;/m1./s1. The molecule has 83 heavy (non-hydrogen) atoms. The number of amides is 5. The Morgan fingerprint density at radius 2 is 1.59 bits per heavy atom. The second kappa shape index (κ2) is 29.6. The fourth-order valence-corrected chi connectivity index (χ4v) is 9.88. The Kier molecular flexibility index (Phi) is 22.5. The number of cyclic esters (lactones) is 1. The van der Waals surface area contributed by atoms with Crippen molar-refractivity contribution in [1.82, 2.24) is 30.4 Å². The molecular formula is C61H65N7O15. The molecule has 3 aromatic rings. The van der Waals surface area contributed by atoms with Gasteiger partial charge in [0.25, 0.3) is 5.56 Å². The number of pyridine rings is 2. The van der Waals surface area contributed by atoms with Crippen LogP contribution in [0.2, 0.25) is 0 Å². The maximum Gasteiger partial charge on any atom is 0.343 e. The van der Waals surface area contributed by atoms with Gasteiger partial charge in [0.2, 0.25) is 36.3 Å². The van der Waals surface area contributed by atoms with Crippen LogP contribution in [0.3, 0.4) is 0 Å². The number of terminal acetylenes is 2. The summed E-state index contributed by atoms with van der Waals surface area (Å²) in [5, 5.41) is 20.2. The molecule has 6 heterocycles. The van der Waals surface area contributed by atoms with Crippen molar-refractivity contribution in [2.45, 2.75) is 117 Å². The van der Waals surface area contributed by atoms with Gasteiger partial charge in [0.05, 0.1) is 54.8 Å². The molecule has 1 saturated heterocycles. The number of aryl methyl sites for hydroxylation is 1. The number of aliphatic hydroxyl groups is 1. The predicted molar refractivity (Wildman–Crippen MR) is 299 cm³/mol. The van der Waals surface area contributed by atoms with E-state index in [4.69, 9.17) is 42.5 Å². The van der Waals surface area contributed by atoms with Gasteiger partial charge in [-0.05, 0) is 110 Å². The highest BCUT2D eigenvalue weighted by Crippen LogP contribution is 2.43. The molecule has 22 nitrogen and oxygen atoms in total. The van der Waals surface area contributed by atoms with E-state index in [2.05, 4.69) is 63.3 Å². The van der Waals surface area contributed by atoms with Gasteiger partial charge < -0.3 is 50.3 Å². The Morgan fingerprint density at radius 1 is 0.892 bits per heavy atom. The molecule has 5 amide bonds. The van der Waals surface area contributed by atoms with E-state index in [1.54, 1.807) is 39.0 Å². The van der Waals surface area contributed by atoms with Crippen molar-refractivity contribution in [3.8, 4) is 83.1 Å². The summed E-state index contributed by atoms with van der Waals surface area (Å²) in [5.41, 5.74) is 6.39. The van der Waals surface area contributed by atoms with E-state index in [1.807, 2.05) is 0 Å². The number of nitrogens with zero attached hydrogens (tertiary/aromatic N) is 3. The fourth-order valence-electron chi connectivity index (χ4n) is 9.88. The van der Waals surface area contributed by atoms with Crippen molar-refractivity contribution >= 4 is 63.8 Å². The number of carbonyl (C=O) groups is 9. The quantitative estimate of drug-likeness (QED) is 0.0195. The fraction of sp³-hybridized carbons (Fsp3) is 0.459. The van der Waals surface area contributed by atoms with Gasteiger partial charge in [0.15, 0.2) is 28.7 Å². The van der Waals surface area contributed by atoms with Crippen molar-refractivity contribution in [3.63, 3.8) is 0 Å². The van der Waals surface area contributed by atoms with Crippen LogP contribution in [0, 0.1) is 78.0 Å². The lowest BCUT2D eigenvalue weighted by molar-refractivity contribution is -0.172. The zero-order valence-electron chi connectivity index (χ0n) is 46.7. The maximum absolute atomic E-state index is 14.0. The third-order valence-electron chi connectivity index (χ3n) is 14.4. The number of esters is 1. The number of carbonyl (C=O) groups excluding carboxylic acids is 9. The molecule has 7 rings (SSSR count). The number of likely N-dealkylation sites (tertiary alicyclic amines) is 1. The highest BCUT2D eigenvalue weighted by Gasteiger charge is 2.46. The summed E-state index contributed by atoms with van der Waals surface area (Å²) in [7, 11) is 0. The second-order valence-electron chi connectivity index (χ2n) is 20.2. The number of imide groups is 1. The van der Waals surface area contributed by atoms with E-state index in [-0.39, 0.29) is 126 Å². The van der Waals surface area contributed by atoms with E-state index < -0.39 is 70.3 Å². The van der Waals surface area contributed by atoms with Crippen LogP contribution in [0.15, 0.2) is 23.0 Å². The first kappa shape index (κ1) is 63.1. The van der Waals surface area contributed by atoms with Crippen LogP contribution in [0.25, 0.3) is 22.3 Å². The molecule has 4 aliphatic rings. The lowest BCUT2D eigenvalue weighted by Gasteiger charge is -2.31. The first-order valence-corrected chi connectivity index (χ1v) is 27.1. The summed E-state index contributed by atoms with van der Waals surface area (Å²) >= 11 is 0. The first-order valence-electron chi connectivity index (χ1n) is 27.1. The third-order valence-corrected chi connectivity index (χ3v) is 14.4. The van der Waals surface area contributed by atoms with Crippen LogP contribution in [-0.2, 0) is 77.8 Å². The largest absolute Gasteiger partial charge is 0.458 e. The third kappa shape index (κ3) is 15.7. The minimum Gasteiger partial charge on any atom is -0.458 e. The zero-order valence-corrected chi connectivity index (χ0v) is 46.7. The van der Waals surface area contributed by atoms with E-state index >= 15 is 0 Å². The topological polar surface area (TPSA) is 311 Å². The Hall–Kier alpha value is -9.11. The maximum atomic E-state index is 14.0. The molecule has 4 atom stereocenters. The number of benzene rings is 1. The van der Waals surface area contributed by atoms with Crippen LogP contribution >= 0.6 is 0 Å². The Labute approximate surface area is 480 Å². The van der Waals surface area contributed by atoms with Gasteiger partial charge in [-0.25, -0.2) is 9.78 Å². The van der Waals surface area contributed by atoms with E-state index in [9.17, 15) is 53.1 Å². The molecule has 6 N–H and O–H groups in total. The van der Waals surface area contributed by atoms with Gasteiger partial charge in [-0.15, -0.1) is 12.8 Å². The number of hydrogen-bond donors (Lipinski definition) is 5. The summed E-state index contributed by atoms with van der Waals surface area (Å²) in [6.45, 7) is 6.25. The van der Waals surface area contributed by atoms with Crippen molar-refractivity contribution in [2.75, 3.05) is 46.2 Å². The average molecular weight is 1140 g/mol. The summed E-state index contributed by atoms with van der Waals surface area (Å²) in [6, 6.07) is 4.20. The Balaban J connectivity index is 0.00000101. The molecule has 0 radical (unpaired) electrons. The minimum atomic E-state index is -2.02. The van der Waals surface area contributed by atoms with Gasteiger partial charge in [-0.2, -0.15) is 0 Å². The average Bonchev–Trinajstić information content (AvgIpc) is 2.38. The van der Waals surface area contributed by atoms with E-state index in [0.29, 0.717) is 65.2 Å². The van der Waals surface area contributed by atoms with Crippen LogP contribution in [-0.4, -0.2) is 125 Å². The van der Waals surface area contributed by atoms with Gasteiger partial charge in [0, 0.05) is 73.7 Å². The molecule has 1 unspecified atom stereocenters. The van der Waals surface area contributed by atoms with Gasteiger partial charge in [-0.3, -0.25) is 48.1 Å². The normalized spacial score (nSPS) is 16.5. The summed E-state index contributed by atoms with van der Waals surface area (Å²) < 4.78 is 23.6. The van der Waals surface area contributed by atoms with Gasteiger partial charge in [-0.1, -0.05) is 27.2 Å². The molecule has 2 aromatic heterocycles. The number of Topliss-reactive ketones (excluding diaryl/α,β-unsaturated/α-hetero) is 3. The Bertz CT molecular complexity index is 3410. The number of hydrogen-bond acceptors (Lipinski definition) is 17. The van der Waals surface area contributed by atoms with Gasteiger partial charge >= 0.3 is 5.97 Å². The summed E-state index contributed by atoms with van der Waals surface area (Å²) in [4.78, 5) is 135. The molecule has 0 bridgehead atoms. The van der Waals surface area contributed by atoms with Crippen LogP contribution < -0.4 is 36.7 Å². The number of aromatic nitrogens is 2. The van der Waals surface area contributed by atoms with Crippen molar-refractivity contribution in [1.29, 1.82) is 0 Å². The zero-order chi connectivity index (χ0) is 60.4. The number of nitrogens with one attached hydrogen (secondary N) is 3. The molecule has 0 spiro atoms. The second-order valence-corrected chi connectivity index (χ2v) is 20.2. The van der Waals surface area contributed by atoms with Crippen molar-refractivity contribution in [3.05, 3.63) is 50.8 Å². The van der Waals surface area contributed by atoms with Crippen LogP contribution in [0.4, 0.5) is 0 Å². The minimum absolute atomic E-state index is 0.00841. The monoisotopic (exact) mass is 1140 g/mol. The molecular weight excluding hydrogens is 1070 g/mol. The highest BCUT2D eigenvalue weighted by molar-refractivity contribution is 6.13. The SMILES string of the molecule is C#CC#CC#CC#CC#C.CC[C@@]1(O)C(=O)OCc2c1cc1n(c2=O)Cc2c-1nc1cc3c(cc1c2CCC(=O)CNC(=O)[C@H](CCCCN)CC(=O)[C@@H](NC(=O)CCOCCNC(=O)CCN1C(=O)CC(C(C)=O)C1=O)C(C)C)OCO3.